The van der Waals surface area contributed by atoms with Gasteiger partial charge >= 0.3 is 0 Å². The number of nitrogens with one attached hydrogen (secondary N) is 2. The SMILES string of the molecule is CO[C@@H]1CC[C@@H](NC(=O)c2n[nH]c3c2CCCC3)[C@H]1O. The molecule has 3 rings (SSSR count). The van der Waals surface area contributed by atoms with Crippen LogP contribution in [0.15, 0.2) is 0 Å². The Kier molecular flexibility index (Phi) is 3.76. The number of ether oxygens (including phenoxy) is 1. The number of aromatic amines is 1. The van der Waals surface area contributed by atoms with E-state index in [-0.39, 0.29) is 18.1 Å². The Morgan fingerprint density at radius 2 is 2.20 bits per heavy atom. The Morgan fingerprint density at radius 1 is 1.40 bits per heavy atom. The van der Waals surface area contributed by atoms with E-state index in [1.807, 2.05) is 0 Å². The Hall–Kier alpha value is -1.40. The molecule has 1 heterocycles. The second-order valence-corrected chi connectivity index (χ2v) is 5.66. The van der Waals surface area contributed by atoms with E-state index in [4.69, 9.17) is 4.74 Å². The first-order valence-corrected chi connectivity index (χ1v) is 7.28. The smallest absolute Gasteiger partial charge is 0.272 e. The molecule has 1 saturated carbocycles. The van der Waals surface area contributed by atoms with Crippen LogP contribution in [0.4, 0.5) is 0 Å². The van der Waals surface area contributed by atoms with Crippen molar-refractivity contribution in [1.29, 1.82) is 0 Å². The highest BCUT2D eigenvalue weighted by Crippen LogP contribution is 2.25. The molecule has 0 saturated heterocycles. The predicted octanol–water partition coefficient (Wildman–Crippen LogP) is 0.557. The van der Waals surface area contributed by atoms with Crippen molar-refractivity contribution in [2.45, 2.75) is 56.8 Å². The van der Waals surface area contributed by atoms with Gasteiger partial charge in [0.15, 0.2) is 5.69 Å². The minimum atomic E-state index is -0.640. The van der Waals surface area contributed by atoms with Gasteiger partial charge in [0.05, 0.1) is 12.1 Å². The molecule has 3 N–H and O–H groups in total. The predicted molar refractivity (Wildman–Crippen MR) is 72.5 cm³/mol. The number of amides is 1. The number of fused-ring (bicyclic) bond motifs is 1. The summed E-state index contributed by atoms with van der Waals surface area (Å²) in [5.41, 5.74) is 2.63. The Morgan fingerprint density at radius 3 is 2.95 bits per heavy atom. The largest absolute Gasteiger partial charge is 0.388 e. The number of aliphatic hydroxyl groups excluding tert-OH is 1. The fourth-order valence-corrected chi connectivity index (χ4v) is 3.26. The van der Waals surface area contributed by atoms with Crippen LogP contribution in [-0.2, 0) is 17.6 Å². The maximum Gasteiger partial charge on any atom is 0.272 e. The van der Waals surface area contributed by atoms with Crippen LogP contribution < -0.4 is 5.32 Å². The van der Waals surface area contributed by atoms with Crippen LogP contribution >= 0.6 is 0 Å². The van der Waals surface area contributed by atoms with Gasteiger partial charge in [-0.3, -0.25) is 9.89 Å². The maximum atomic E-state index is 12.3. The van der Waals surface area contributed by atoms with Crippen molar-refractivity contribution in [1.82, 2.24) is 15.5 Å². The van der Waals surface area contributed by atoms with Gasteiger partial charge in [-0.1, -0.05) is 0 Å². The molecule has 0 bridgehead atoms. The summed E-state index contributed by atoms with van der Waals surface area (Å²) in [7, 11) is 1.59. The molecule has 3 atom stereocenters. The Balaban J connectivity index is 1.69. The van der Waals surface area contributed by atoms with Crippen LogP contribution in [0, 0.1) is 0 Å². The summed E-state index contributed by atoms with van der Waals surface area (Å²) in [5, 5.41) is 20.1. The van der Waals surface area contributed by atoms with Gasteiger partial charge in [0.1, 0.15) is 6.10 Å². The molecule has 1 fully saturated rings. The molecule has 0 aliphatic heterocycles. The number of carbonyl (C=O) groups excluding carboxylic acids is 1. The van der Waals surface area contributed by atoms with Crippen molar-refractivity contribution in [3.05, 3.63) is 17.0 Å². The van der Waals surface area contributed by atoms with Gasteiger partial charge in [-0.25, -0.2) is 0 Å². The minimum Gasteiger partial charge on any atom is -0.388 e. The number of hydrogen-bond acceptors (Lipinski definition) is 4. The number of nitrogens with zero attached hydrogens (tertiary/aromatic N) is 1. The monoisotopic (exact) mass is 279 g/mol. The number of H-pyrrole nitrogens is 1. The van der Waals surface area contributed by atoms with E-state index in [2.05, 4.69) is 15.5 Å². The third-order valence-electron chi connectivity index (χ3n) is 4.45. The van der Waals surface area contributed by atoms with Crippen LogP contribution in [0.1, 0.15) is 47.4 Å². The molecule has 1 aromatic heterocycles. The zero-order valence-electron chi connectivity index (χ0n) is 11.7. The minimum absolute atomic E-state index is 0.187. The lowest BCUT2D eigenvalue weighted by Gasteiger charge is -2.19. The molecule has 2 aliphatic rings. The summed E-state index contributed by atoms with van der Waals surface area (Å²) in [4.78, 5) is 12.3. The normalized spacial score (nSPS) is 29.2. The van der Waals surface area contributed by atoms with Crippen LogP contribution in [0.25, 0.3) is 0 Å². The summed E-state index contributed by atoms with van der Waals surface area (Å²) in [6, 6.07) is -0.247. The fourth-order valence-electron chi connectivity index (χ4n) is 3.26. The number of aromatic nitrogens is 2. The summed E-state index contributed by atoms with van der Waals surface area (Å²) in [5.74, 6) is -0.190. The number of rotatable bonds is 3. The molecule has 1 amide bonds. The van der Waals surface area contributed by atoms with Gasteiger partial charge in [0, 0.05) is 18.4 Å². The molecule has 6 nitrogen and oxygen atoms in total. The van der Waals surface area contributed by atoms with Gasteiger partial charge in [-0.15, -0.1) is 0 Å². The number of carbonyl (C=O) groups is 1. The van der Waals surface area contributed by atoms with Crippen molar-refractivity contribution >= 4 is 5.91 Å². The average molecular weight is 279 g/mol. The molecule has 6 heteroatoms. The summed E-state index contributed by atoms with van der Waals surface area (Å²) in [6.45, 7) is 0. The maximum absolute atomic E-state index is 12.3. The first kappa shape index (κ1) is 13.6. The van der Waals surface area contributed by atoms with E-state index in [0.29, 0.717) is 5.69 Å². The number of methoxy groups -OCH3 is 1. The van der Waals surface area contributed by atoms with E-state index in [9.17, 15) is 9.90 Å². The Bertz CT molecular complexity index is 500. The van der Waals surface area contributed by atoms with Crippen molar-refractivity contribution in [2.24, 2.45) is 0 Å². The molecule has 0 aromatic carbocycles. The van der Waals surface area contributed by atoms with Crippen LogP contribution in [0.3, 0.4) is 0 Å². The zero-order valence-corrected chi connectivity index (χ0v) is 11.7. The van der Waals surface area contributed by atoms with Gasteiger partial charge < -0.3 is 15.2 Å². The highest BCUT2D eigenvalue weighted by Gasteiger charge is 2.36. The number of hydrogen-bond donors (Lipinski definition) is 3. The highest BCUT2D eigenvalue weighted by atomic mass is 16.5. The summed E-state index contributed by atoms with van der Waals surface area (Å²) < 4.78 is 5.19. The first-order chi connectivity index (χ1) is 9.70. The average Bonchev–Trinajstić information content (AvgIpc) is 3.03. The van der Waals surface area contributed by atoms with E-state index in [1.165, 1.54) is 0 Å². The van der Waals surface area contributed by atoms with E-state index in [1.54, 1.807) is 7.11 Å². The standard InChI is InChI=1S/C14H21N3O3/c1-20-11-7-6-10(13(11)18)15-14(19)12-8-4-2-3-5-9(8)16-17-12/h10-11,13,18H,2-7H2,1H3,(H,15,19)(H,16,17)/t10-,11-,13-/m1/s1. The molecule has 1 aromatic rings. The van der Waals surface area contributed by atoms with Crippen LogP contribution in [-0.4, -0.2) is 46.6 Å². The van der Waals surface area contributed by atoms with Gasteiger partial charge in [0.2, 0.25) is 0 Å². The second kappa shape index (κ2) is 5.54. The molecule has 0 radical (unpaired) electrons. The molecule has 0 unspecified atom stereocenters. The topological polar surface area (TPSA) is 87.2 Å². The molecule has 0 spiro atoms. The zero-order chi connectivity index (χ0) is 14.1. The number of aryl methyl sites for hydroxylation is 1. The Labute approximate surface area is 117 Å². The second-order valence-electron chi connectivity index (χ2n) is 5.66. The van der Waals surface area contributed by atoms with Crippen LogP contribution in [0.2, 0.25) is 0 Å². The summed E-state index contributed by atoms with van der Waals surface area (Å²) >= 11 is 0. The third kappa shape index (κ3) is 2.33. The van der Waals surface area contributed by atoms with Crippen molar-refractivity contribution in [2.75, 3.05) is 7.11 Å². The molecule has 110 valence electrons. The lowest BCUT2D eigenvalue weighted by molar-refractivity contribution is 0.000176. The molecule has 2 aliphatic carbocycles. The van der Waals surface area contributed by atoms with Crippen LogP contribution in [0.5, 0.6) is 0 Å². The van der Waals surface area contributed by atoms with Crippen molar-refractivity contribution < 1.29 is 14.6 Å². The van der Waals surface area contributed by atoms with E-state index in [0.717, 1.165) is 49.8 Å². The van der Waals surface area contributed by atoms with E-state index < -0.39 is 6.10 Å². The van der Waals surface area contributed by atoms with Crippen molar-refractivity contribution in [3.8, 4) is 0 Å². The fraction of sp³-hybridized carbons (Fsp3) is 0.714. The van der Waals surface area contributed by atoms with Crippen molar-refractivity contribution in [3.63, 3.8) is 0 Å². The summed E-state index contributed by atoms with van der Waals surface area (Å²) in [6.07, 6.45) is 4.79. The molecule has 20 heavy (non-hydrogen) atoms. The lowest BCUT2D eigenvalue weighted by atomic mass is 9.95. The first-order valence-electron chi connectivity index (χ1n) is 7.28. The molecular formula is C14H21N3O3. The van der Waals surface area contributed by atoms with E-state index >= 15 is 0 Å². The van der Waals surface area contributed by atoms with Gasteiger partial charge in [0.25, 0.3) is 5.91 Å². The number of aliphatic hydroxyl groups is 1. The molecular weight excluding hydrogens is 258 g/mol. The highest BCUT2D eigenvalue weighted by molar-refractivity contribution is 5.94. The third-order valence-corrected chi connectivity index (χ3v) is 4.45. The lowest BCUT2D eigenvalue weighted by Crippen LogP contribution is -2.43. The van der Waals surface area contributed by atoms with Gasteiger partial charge in [-0.2, -0.15) is 5.10 Å². The quantitative estimate of drug-likeness (QED) is 0.754. The van der Waals surface area contributed by atoms with Gasteiger partial charge in [-0.05, 0) is 38.5 Å².